The van der Waals surface area contributed by atoms with E-state index in [1.807, 2.05) is 24.4 Å². The molecule has 0 aliphatic heterocycles. The number of amides is 1. The van der Waals surface area contributed by atoms with Crippen LogP contribution in [0.15, 0.2) is 59.3 Å². The summed E-state index contributed by atoms with van der Waals surface area (Å²) in [4.78, 5) is 16.0. The second-order valence-electron chi connectivity index (χ2n) is 4.73. The van der Waals surface area contributed by atoms with Crippen LogP contribution in [0, 0.1) is 0 Å². The van der Waals surface area contributed by atoms with Gasteiger partial charge < -0.3 is 9.88 Å². The Morgan fingerprint density at radius 3 is 2.95 bits per heavy atom. The first-order chi connectivity index (χ1) is 10.2. The Morgan fingerprint density at radius 2 is 2.14 bits per heavy atom. The van der Waals surface area contributed by atoms with E-state index in [4.69, 9.17) is 0 Å². The topological polar surface area (TPSA) is 46.9 Å². The molecule has 0 aliphatic rings. The average Bonchev–Trinajstić information content (AvgIpc) is 2.88. The first-order valence-corrected chi connectivity index (χ1v) is 7.47. The van der Waals surface area contributed by atoms with Crippen LogP contribution >= 0.6 is 15.9 Å². The fraction of sp³-hybridized carbons (Fsp3) is 0.125. The minimum absolute atomic E-state index is 0.0346. The number of nitrogens with zero attached hydrogens (tertiary/aromatic N) is 2. The lowest BCUT2D eigenvalue weighted by Gasteiger charge is -2.06. The molecular weight excluding hydrogens is 330 g/mol. The Bertz CT molecular complexity index is 768. The van der Waals surface area contributed by atoms with Gasteiger partial charge in [0.25, 0.3) is 0 Å². The number of rotatable bonds is 4. The van der Waals surface area contributed by atoms with E-state index >= 15 is 0 Å². The van der Waals surface area contributed by atoms with Gasteiger partial charge in [0.05, 0.1) is 0 Å². The summed E-state index contributed by atoms with van der Waals surface area (Å²) >= 11 is 3.46. The summed E-state index contributed by atoms with van der Waals surface area (Å²) in [6.07, 6.45) is 4.08. The van der Waals surface area contributed by atoms with Gasteiger partial charge in [-0.25, -0.2) is 4.98 Å². The van der Waals surface area contributed by atoms with Gasteiger partial charge in [-0.05, 0) is 36.4 Å². The molecule has 0 saturated heterocycles. The van der Waals surface area contributed by atoms with Crippen molar-refractivity contribution in [1.82, 2.24) is 9.55 Å². The Labute approximate surface area is 130 Å². The zero-order valence-electron chi connectivity index (χ0n) is 11.3. The monoisotopic (exact) mass is 343 g/mol. The van der Waals surface area contributed by atoms with E-state index < -0.39 is 0 Å². The van der Waals surface area contributed by atoms with Gasteiger partial charge in [-0.1, -0.05) is 22.0 Å². The molecule has 0 spiro atoms. The average molecular weight is 344 g/mol. The van der Waals surface area contributed by atoms with Crippen LogP contribution in [-0.4, -0.2) is 15.5 Å². The van der Waals surface area contributed by atoms with E-state index in [0.717, 1.165) is 15.4 Å². The molecule has 3 aromatic rings. The first kappa shape index (κ1) is 13.8. The Kier molecular flexibility index (Phi) is 4.01. The number of aryl methyl sites for hydroxylation is 1. The number of halogens is 1. The van der Waals surface area contributed by atoms with Gasteiger partial charge >= 0.3 is 0 Å². The Hall–Kier alpha value is -2.14. The highest BCUT2D eigenvalue weighted by Crippen LogP contribution is 2.21. The lowest BCUT2D eigenvalue weighted by atomic mass is 10.2. The van der Waals surface area contributed by atoms with Gasteiger partial charge in [-0.2, -0.15) is 0 Å². The number of fused-ring (bicyclic) bond motifs is 1. The third kappa shape index (κ3) is 3.31. The summed E-state index contributed by atoms with van der Waals surface area (Å²) in [6, 6.07) is 13.6. The predicted molar refractivity (Wildman–Crippen MR) is 87.1 cm³/mol. The molecule has 0 bridgehead atoms. The molecule has 5 heteroatoms. The molecule has 0 atom stereocenters. The van der Waals surface area contributed by atoms with Gasteiger partial charge in [0.2, 0.25) is 5.91 Å². The number of aromatic nitrogens is 2. The van der Waals surface area contributed by atoms with Crippen LogP contribution in [0.3, 0.4) is 0 Å². The fourth-order valence-electron chi connectivity index (χ4n) is 2.23. The molecule has 4 nitrogen and oxygen atoms in total. The van der Waals surface area contributed by atoms with E-state index in [1.54, 1.807) is 12.3 Å². The maximum atomic E-state index is 11.9. The van der Waals surface area contributed by atoms with Crippen LogP contribution in [0.5, 0.6) is 0 Å². The van der Waals surface area contributed by atoms with Gasteiger partial charge in [-0.3, -0.25) is 4.79 Å². The van der Waals surface area contributed by atoms with E-state index in [-0.39, 0.29) is 5.91 Å². The normalized spacial score (nSPS) is 10.7. The molecule has 0 unspecified atom stereocenters. The third-order valence-electron chi connectivity index (χ3n) is 3.25. The van der Waals surface area contributed by atoms with Crippen molar-refractivity contribution in [3.8, 4) is 0 Å². The van der Waals surface area contributed by atoms with Crippen LogP contribution in [0.25, 0.3) is 10.9 Å². The number of anilines is 1. The number of carbonyl (C=O) groups excluding carboxylic acids is 1. The molecule has 21 heavy (non-hydrogen) atoms. The molecule has 2 aromatic heterocycles. The Balaban J connectivity index is 1.65. The zero-order chi connectivity index (χ0) is 14.7. The van der Waals surface area contributed by atoms with E-state index in [2.05, 4.69) is 49.0 Å². The van der Waals surface area contributed by atoms with Crippen LogP contribution in [0.1, 0.15) is 6.42 Å². The van der Waals surface area contributed by atoms with Crippen molar-refractivity contribution in [2.45, 2.75) is 13.0 Å². The van der Waals surface area contributed by atoms with Crippen LogP contribution in [0.2, 0.25) is 0 Å². The number of hydrogen-bond acceptors (Lipinski definition) is 2. The number of hydrogen-bond donors (Lipinski definition) is 1. The summed E-state index contributed by atoms with van der Waals surface area (Å²) in [7, 11) is 0. The van der Waals surface area contributed by atoms with E-state index in [0.29, 0.717) is 18.8 Å². The highest BCUT2D eigenvalue weighted by molar-refractivity contribution is 9.10. The molecule has 0 saturated carbocycles. The summed E-state index contributed by atoms with van der Waals surface area (Å²) in [5, 5.41) is 3.95. The largest absolute Gasteiger partial charge is 0.347 e. The number of nitrogens with one attached hydrogen (secondary N) is 1. The molecule has 3 rings (SSSR count). The van der Waals surface area contributed by atoms with Crippen molar-refractivity contribution in [2.24, 2.45) is 0 Å². The van der Waals surface area contributed by atoms with Crippen molar-refractivity contribution in [1.29, 1.82) is 0 Å². The highest BCUT2D eigenvalue weighted by Gasteiger charge is 2.06. The van der Waals surface area contributed by atoms with E-state index in [9.17, 15) is 4.79 Å². The maximum absolute atomic E-state index is 11.9. The summed E-state index contributed by atoms with van der Waals surface area (Å²) in [6.45, 7) is 0.643. The number of pyridine rings is 1. The number of carbonyl (C=O) groups is 1. The molecule has 1 N–H and O–H groups in total. The zero-order valence-corrected chi connectivity index (χ0v) is 12.9. The maximum Gasteiger partial charge on any atom is 0.227 e. The van der Waals surface area contributed by atoms with Gasteiger partial charge in [0.15, 0.2) is 0 Å². The van der Waals surface area contributed by atoms with Crippen LogP contribution < -0.4 is 5.32 Å². The highest BCUT2D eigenvalue weighted by atomic mass is 79.9. The van der Waals surface area contributed by atoms with Crippen LogP contribution in [-0.2, 0) is 11.3 Å². The van der Waals surface area contributed by atoms with Crippen molar-refractivity contribution in [3.63, 3.8) is 0 Å². The van der Waals surface area contributed by atoms with Crippen LogP contribution in [0.4, 0.5) is 5.82 Å². The quantitative estimate of drug-likeness (QED) is 0.782. The molecule has 0 aliphatic carbocycles. The van der Waals surface area contributed by atoms with Gasteiger partial charge in [0, 0.05) is 40.7 Å². The molecule has 2 heterocycles. The summed E-state index contributed by atoms with van der Waals surface area (Å²) in [5.74, 6) is 0.552. The second-order valence-corrected chi connectivity index (χ2v) is 5.64. The molecule has 0 radical (unpaired) electrons. The van der Waals surface area contributed by atoms with Gasteiger partial charge in [0.1, 0.15) is 5.82 Å². The fourth-order valence-corrected chi connectivity index (χ4v) is 2.61. The minimum atomic E-state index is -0.0346. The Morgan fingerprint density at radius 1 is 1.24 bits per heavy atom. The first-order valence-electron chi connectivity index (χ1n) is 6.68. The summed E-state index contributed by atoms with van der Waals surface area (Å²) in [5.41, 5.74) is 1.13. The van der Waals surface area contributed by atoms with Crippen molar-refractivity contribution < 1.29 is 4.79 Å². The second kappa shape index (κ2) is 6.10. The molecule has 1 amide bonds. The van der Waals surface area contributed by atoms with Gasteiger partial charge in [-0.15, -0.1) is 0 Å². The third-order valence-corrected chi connectivity index (χ3v) is 3.74. The molecule has 1 aromatic carbocycles. The van der Waals surface area contributed by atoms with Crippen molar-refractivity contribution >= 4 is 38.6 Å². The lowest BCUT2D eigenvalue weighted by molar-refractivity contribution is -0.116. The minimum Gasteiger partial charge on any atom is -0.347 e. The van der Waals surface area contributed by atoms with Crippen molar-refractivity contribution in [3.05, 3.63) is 59.3 Å². The van der Waals surface area contributed by atoms with Crippen molar-refractivity contribution in [2.75, 3.05) is 5.32 Å². The summed E-state index contributed by atoms with van der Waals surface area (Å²) < 4.78 is 3.14. The van der Waals surface area contributed by atoms with E-state index in [1.165, 1.54) is 0 Å². The molecule has 106 valence electrons. The molecule has 0 fully saturated rings. The predicted octanol–water partition coefficient (Wildman–Crippen LogP) is 3.83. The number of benzene rings is 1. The SMILES string of the molecule is O=C(CCn1ccc2cc(Br)ccc21)Nc1ccccn1. The standard InChI is InChI=1S/C16H14BrN3O/c17-13-4-5-14-12(11-13)6-9-20(14)10-7-16(21)19-15-3-1-2-8-18-15/h1-6,8-9,11H,7,10H2,(H,18,19,21). The smallest absolute Gasteiger partial charge is 0.227 e. The lowest BCUT2D eigenvalue weighted by Crippen LogP contribution is -2.14. The molecular formula is C16H14BrN3O.